The standard InChI is InChI=1S/C16H24N4O3/c1-15(2)10-16(12(23-15)7-13(21)17-3)5-4-6-20(16)14(22)11-8-18-19-9-11/h8-9,12H,4-7,10H2,1-3H3,(H,17,21)(H,18,19)/t12-,16+/m0/s1. The smallest absolute Gasteiger partial charge is 0.257 e. The number of ether oxygens (including phenoxy) is 1. The topological polar surface area (TPSA) is 87.3 Å². The molecule has 2 saturated heterocycles. The van der Waals surface area contributed by atoms with Gasteiger partial charge in [-0.2, -0.15) is 5.10 Å². The van der Waals surface area contributed by atoms with Crippen molar-refractivity contribution < 1.29 is 14.3 Å². The summed E-state index contributed by atoms with van der Waals surface area (Å²) in [5, 5.41) is 9.22. The summed E-state index contributed by atoms with van der Waals surface area (Å²) in [4.78, 5) is 26.7. The van der Waals surface area contributed by atoms with Gasteiger partial charge in [0.1, 0.15) is 0 Å². The maximum absolute atomic E-state index is 12.9. The van der Waals surface area contributed by atoms with Gasteiger partial charge in [0.2, 0.25) is 5.91 Å². The van der Waals surface area contributed by atoms with Crippen LogP contribution in [0, 0.1) is 0 Å². The number of aromatic amines is 1. The van der Waals surface area contributed by atoms with E-state index >= 15 is 0 Å². The van der Waals surface area contributed by atoms with Gasteiger partial charge in [-0.25, -0.2) is 0 Å². The summed E-state index contributed by atoms with van der Waals surface area (Å²) in [5.41, 5.74) is -0.211. The third-order valence-electron chi connectivity index (χ3n) is 4.96. The van der Waals surface area contributed by atoms with Gasteiger partial charge < -0.3 is 15.0 Å². The maximum atomic E-state index is 12.9. The monoisotopic (exact) mass is 320 g/mol. The molecule has 2 atom stereocenters. The summed E-state index contributed by atoms with van der Waals surface area (Å²) in [5.74, 6) is -0.103. The van der Waals surface area contributed by atoms with E-state index in [0.29, 0.717) is 12.1 Å². The summed E-state index contributed by atoms with van der Waals surface area (Å²) in [6, 6.07) is 0. The van der Waals surface area contributed by atoms with Gasteiger partial charge in [0.25, 0.3) is 5.91 Å². The van der Waals surface area contributed by atoms with Crippen molar-refractivity contribution in [2.75, 3.05) is 13.6 Å². The third-order valence-corrected chi connectivity index (χ3v) is 4.96. The van der Waals surface area contributed by atoms with Crippen molar-refractivity contribution in [2.24, 2.45) is 0 Å². The van der Waals surface area contributed by atoms with Crippen molar-refractivity contribution in [3.8, 4) is 0 Å². The highest BCUT2D eigenvalue weighted by molar-refractivity contribution is 5.94. The number of nitrogens with one attached hydrogen (secondary N) is 2. The van der Waals surface area contributed by atoms with Crippen molar-refractivity contribution in [1.82, 2.24) is 20.4 Å². The van der Waals surface area contributed by atoms with Gasteiger partial charge in [0.05, 0.1) is 35.4 Å². The second-order valence-electron chi connectivity index (χ2n) is 7.07. The molecule has 23 heavy (non-hydrogen) atoms. The fourth-order valence-corrected chi connectivity index (χ4v) is 4.14. The van der Waals surface area contributed by atoms with E-state index in [9.17, 15) is 9.59 Å². The first-order valence-corrected chi connectivity index (χ1v) is 8.07. The molecule has 2 fully saturated rings. The largest absolute Gasteiger partial charge is 0.369 e. The second kappa shape index (κ2) is 5.63. The highest BCUT2D eigenvalue weighted by atomic mass is 16.5. The molecule has 0 aliphatic carbocycles. The predicted molar refractivity (Wildman–Crippen MR) is 83.8 cm³/mol. The van der Waals surface area contributed by atoms with Crippen molar-refractivity contribution in [2.45, 2.75) is 56.8 Å². The Labute approximate surface area is 135 Å². The molecule has 2 aliphatic heterocycles. The molecule has 0 unspecified atom stereocenters. The molecule has 0 saturated carbocycles. The minimum atomic E-state index is -0.412. The fraction of sp³-hybridized carbons (Fsp3) is 0.688. The summed E-state index contributed by atoms with van der Waals surface area (Å²) in [7, 11) is 1.62. The van der Waals surface area contributed by atoms with Crippen LogP contribution in [0.3, 0.4) is 0 Å². The van der Waals surface area contributed by atoms with Gasteiger partial charge in [0.15, 0.2) is 0 Å². The van der Waals surface area contributed by atoms with E-state index in [0.717, 1.165) is 19.3 Å². The van der Waals surface area contributed by atoms with E-state index in [4.69, 9.17) is 4.74 Å². The molecule has 1 aromatic heterocycles. The number of H-pyrrole nitrogens is 1. The fourth-order valence-electron chi connectivity index (χ4n) is 4.14. The van der Waals surface area contributed by atoms with Crippen LogP contribution in [0.1, 0.15) is 49.9 Å². The number of amides is 2. The van der Waals surface area contributed by atoms with Gasteiger partial charge in [0, 0.05) is 26.2 Å². The van der Waals surface area contributed by atoms with Crippen LogP contribution in [0.25, 0.3) is 0 Å². The van der Waals surface area contributed by atoms with Gasteiger partial charge in [-0.05, 0) is 26.7 Å². The zero-order valence-electron chi connectivity index (χ0n) is 13.9. The molecule has 0 bridgehead atoms. The summed E-state index contributed by atoms with van der Waals surface area (Å²) in [6.45, 7) is 4.74. The molecule has 0 radical (unpaired) electrons. The lowest BCUT2D eigenvalue weighted by Gasteiger charge is -2.38. The lowest BCUT2D eigenvalue weighted by molar-refractivity contribution is -0.126. The molecule has 3 heterocycles. The number of carbonyl (C=O) groups excluding carboxylic acids is 2. The molecule has 1 spiro atoms. The van der Waals surface area contributed by atoms with E-state index in [-0.39, 0.29) is 29.9 Å². The number of carbonyl (C=O) groups is 2. The Kier molecular flexibility index (Phi) is 3.91. The van der Waals surface area contributed by atoms with Crippen LogP contribution in [-0.2, 0) is 9.53 Å². The van der Waals surface area contributed by atoms with Crippen LogP contribution in [0.2, 0.25) is 0 Å². The molecule has 0 aromatic carbocycles. The lowest BCUT2D eigenvalue weighted by Crippen LogP contribution is -2.53. The van der Waals surface area contributed by atoms with Crippen LogP contribution in [-0.4, -0.2) is 57.7 Å². The van der Waals surface area contributed by atoms with E-state index < -0.39 is 5.54 Å². The molecular formula is C16H24N4O3. The number of hydrogen-bond acceptors (Lipinski definition) is 4. The number of rotatable bonds is 3. The molecule has 126 valence electrons. The molecule has 7 nitrogen and oxygen atoms in total. The molecule has 2 N–H and O–H groups in total. The highest BCUT2D eigenvalue weighted by Gasteiger charge is 2.58. The summed E-state index contributed by atoms with van der Waals surface area (Å²) < 4.78 is 6.18. The number of nitrogens with zero attached hydrogens (tertiary/aromatic N) is 2. The van der Waals surface area contributed by atoms with E-state index in [1.807, 2.05) is 18.7 Å². The minimum Gasteiger partial charge on any atom is -0.369 e. The quantitative estimate of drug-likeness (QED) is 0.873. The van der Waals surface area contributed by atoms with Crippen molar-refractivity contribution >= 4 is 11.8 Å². The highest BCUT2D eigenvalue weighted by Crippen LogP contribution is 2.49. The number of aromatic nitrogens is 2. The van der Waals surface area contributed by atoms with E-state index in [2.05, 4.69) is 15.5 Å². The van der Waals surface area contributed by atoms with Crippen molar-refractivity contribution in [3.05, 3.63) is 18.0 Å². The Hall–Kier alpha value is -1.89. The first kappa shape index (κ1) is 16.0. The SMILES string of the molecule is CNC(=O)C[C@@H]1OC(C)(C)C[C@]12CCCN2C(=O)c1cn[nH]c1. The minimum absolute atomic E-state index is 0.0422. The summed E-state index contributed by atoms with van der Waals surface area (Å²) in [6.07, 6.45) is 5.68. The van der Waals surface area contributed by atoms with Gasteiger partial charge in [-0.3, -0.25) is 14.7 Å². The second-order valence-corrected chi connectivity index (χ2v) is 7.07. The van der Waals surface area contributed by atoms with E-state index in [1.165, 1.54) is 0 Å². The first-order valence-electron chi connectivity index (χ1n) is 8.07. The zero-order valence-corrected chi connectivity index (χ0v) is 13.9. The number of hydrogen-bond donors (Lipinski definition) is 2. The Morgan fingerprint density at radius 3 is 2.96 bits per heavy atom. The normalized spacial score (nSPS) is 29.2. The number of likely N-dealkylation sites (tertiary alicyclic amines) is 1. The average Bonchev–Trinajstić information content (AvgIpc) is 3.19. The Bertz CT molecular complexity index is 598. The third kappa shape index (κ3) is 2.73. The van der Waals surface area contributed by atoms with Crippen LogP contribution >= 0.6 is 0 Å². The van der Waals surface area contributed by atoms with Gasteiger partial charge in [-0.1, -0.05) is 0 Å². The Morgan fingerprint density at radius 1 is 1.52 bits per heavy atom. The molecule has 2 aliphatic rings. The lowest BCUT2D eigenvalue weighted by atomic mass is 9.82. The molecule has 2 amide bonds. The summed E-state index contributed by atoms with van der Waals surface area (Å²) >= 11 is 0. The maximum Gasteiger partial charge on any atom is 0.257 e. The molecule has 7 heteroatoms. The van der Waals surface area contributed by atoms with Crippen LogP contribution in [0.5, 0.6) is 0 Å². The zero-order chi connectivity index (χ0) is 16.7. The average molecular weight is 320 g/mol. The van der Waals surface area contributed by atoms with Crippen LogP contribution < -0.4 is 5.32 Å². The predicted octanol–water partition coefficient (Wildman–Crippen LogP) is 1.09. The molecular weight excluding hydrogens is 296 g/mol. The van der Waals surface area contributed by atoms with Crippen LogP contribution in [0.4, 0.5) is 0 Å². The van der Waals surface area contributed by atoms with Crippen LogP contribution in [0.15, 0.2) is 12.4 Å². The van der Waals surface area contributed by atoms with Gasteiger partial charge >= 0.3 is 0 Å². The Balaban J connectivity index is 1.92. The Morgan fingerprint density at radius 2 is 2.30 bits per heavy atom. The first-order chi connectivity index (χ1) is 10.9. The molecule has 1 aromatic rings. The van der Waals surface area contributed by atoms with E-state index in [1.54, 1.807) is 19.4 Å². The van der Waals surface area contributed by atoms with Gasteiger partial charge in [-0.15, -0.1) is 0 Å². The molecule has 3 rings (SSSR count). The van der Waals surface area contributed by atoms with Crippen molar-refractivity contribution in [3.63, 3.8) is 0 Å². The van der Waals surface area contributed by atoms with Crippen molar-refractivity contribution in [1.29, 1.82) is 0 Å².